The minimum atomic E-state index is -1.51. The minimum absolute atomic E-state index is 0.0222. The summed E-state index contributed by atoms with van der Waals surface area (Å²) in [5.41, 5.74) is 0.726. The largest absolute Gasteiger partial charge is 0.508 e. The Balaban J connectivity index is 1.32. The van der Waals surface area contributed by atoms with Gasteiger partial charge >= 0.3 is 5.97 Å². The van der Waals surface area contributed by atoms with Gasteiger partial charge in [0.05, 0.1) is 28.9 Å². The smallest absolute Gasteiger partial charge is 0.303 e. The van der Waals surface area contributed by atoms with Gasteiger partial charge in [-0.1, -0.05) is 96.4 Å². The lowest BCUT2D eigenvalue weighted by molar-refractivity contribution is -0.141. The molecule has 264 valence electrons. The molecule has 4 aromatic carbocycles. The number of phenolic OH excluding ortho intramolecular Hbond substituents is 1. The number of carboxylic acids is 1. The van der Waals surface area contributed by atoms with E-state index in [4.69, 9.17) is 16.7 Å². The number of allylic oxidation sites excluding steroid dienone is 2. The maximum atomic E-state index is 15.5. The molecule has 9 nitrogen and oxygen atoms in total. The second-order valence-electron chi connectivity index (χ2n) is 14.3. The van der Waals surface area contributed by atoms with Crippen LogP contribution in [0.15, 0.2) is 103 Å². The lowest BCUT2D eigenvalue weighted by atomic mass is 9.48. The van der Waals surface area contributed by atoms with Gasteiger partial charge < -0.3 is 10.2 Å². The van der Waals surface area contributed by atoms with E-state index in [9.17, 15) is 24.3 Å². The summed E-state index contributed by atoms with van der Waals surface area (Å²) in [6.45, 7) is 0.192. The van der Waals surface area contributed by atoms with Crippen LogP contribution in [0.25, 0.3) is 10.8 Å². The number of nitrogens with zero attached hydrogens (tertiary/aromatic N) is 2. The van der Waals surface area contributed by atoms with E-state index in [-0.39, 0.29) is 43.4 Å². The van der Waals surface area contributed by atoms with Crippen LogP contribution in [0, 0.1) is 23.7 Å². The molecular weight excluding hydrogens is 680 g/mol. The Bertz CT molecular complexity index is 2180. The second-order valence-corrected chi connectivity index (χ2v) is 14.8. The molecule has 0 radical (unpaired) electrons. The molecule has 4 amide bonds. The first-order chi connectivity index (χ1) is 25.1. The van der Waals surface area contributed by atoms with Gasteiger partial charge in [0, 0.05) is 29.5 Å². The molecule has 0 aromatic heterocycles. The van der Waals surface area contributed by atoms with E-state index in [0.29, 0.717) is 41.1 Å². The topological polar surface area (TPSA) is 132 Å². The molecule has 0 spiro atoms. The number of halogens is 1. The number of aromatic hydroxyl groups is 1. The van der Waals surface area contributed by atoms with Gasteiger partial charge in [-0.25, -0.2) is 4.90 Å². The molecule has 2 aliphatic heterocycles. The number of anilines is 1. The number of hydrogen-bond donors (Lipinski definition) is 2. The fourth-order valence-corrected chi connectivity index (χ4v) is 9.84. The van der Waals surface area contributed by atoms with Crippen LogP contribution < -0.4 is 4.90 Å². The number of likely N-dealkylation sites (tertiary alicyclic amines) is 1. The van der Waals surface area contributed by atoms with Gasteiger partial charge in [0.1, 0.15) is 5.75 Å². The molecule has 4 aliphatic rings. The van der Waals surface area contributed by atoms with E-state index >= 15 is 4.79 Å². The van der Waals surface area contributed by atoms with Crippen molar-refractivity contribution in [2.45, 2.75) is 49.9 Å². The Hall–Kier alpha value is -5.28. The number of aliphatic carboxylic acids is 1. The maximum absolute atomic E-state index is 15.5. The summed E-state index contributed by atoms with van der Waals surface area (Å²) in [6, 6.07) is 26.9. The van der Waals surface area contributed by atoms with E-state index in [1.54, 1.807) is 30.3 Å². The van der Waals surface area contributed by atoms with Gasteiger partial charge in [-0.05, 0) is 72.2 Å². The Labute approximate surface area is 305 Å². The summed E-state index contributed by atoms with van der Waals surface area (Å²) in [4.78, 5) is 72.2. The highest BCUT2D eigenvalue weighted by molar-refractivity contribution is 6.32. The number of carbonyl (C=O) groups is 5. The normalized spacial score (nSPS) is 26.7. The van der Waals surface area contributed by atoms with Crippen molar-refractivity contribution < 1.29 is 34.2 Å². The predicted molar refractivity (Wildman–Crippen MR) is 195 cm³/mol. The lowest BCUT2D eigenvalue weighted by Gasteiger charge is -2.51. The summed E-state index contributed by atoms with van der Waals surface area (Å²) in [5.74, 6) is -6.08. The van der Waals surface area contributed by atoms with Crippen molar-refractivity contribution in [1.29, 1.82) is 0 Å². The maximum Gasteiger partial charge on any atom is 0.303 e. The van der Waals surface area contributed by atoms with Crippen LogP contribution >= 0.6 is 11.6 Å². The average Bonchev–Trinajstić information content (AvgIpc) is 3.52. The van der Waals surface area contributed by atoms with Crippen LogP contribution in [-0.4, -0.2) is 51.3 Å². The molecule has 3 fully saturated rings. The molecule has 1 saturated carbocycles. The highest BCUT2D eigenvalue weighted by Crippen LogP contribution is 2.65. The zero-order chi connectivity index (χ0) is 36.3. The molecule has 8 rings (SSSR count). The third kappa shape index (κ3) is 5.08. The summed E-state index contributed by atoms with van der Waals surface area (Å²) in [6.07, 6.45) is 3.93. The van der Waals surface area contributed by atoms with E-state index in [1.165, 1.54) is 9.80 Å². The molecule has 6 atom stereocenters. The SMILES string of the molecule is O=C(O)CCCCCN1C(=O)C2CC=C3C(CC4C(=O)N(c5cccc(Cl)c5)C(=O)C4(c4ccccc4)C3c3c(O)ccc4ccccc34)C2C1=O. The summed E-state index contributed by atoms with van der Waals surface area (Å²) < 4.78 is 0. The van der Waals surface area contributed by atoms with Crippen molar-refractivity contribution in [3.05, 3.63) is 119 Å². The molecule has 52 heavy (non-hydrogen) atoms. The summed E-state index contributed by atoms with van der Waals surface area (Å²) in [7, 11) is 0. The minimum Gasteiger partial charge on any atom is -0.508 e. The van der Waals surface area contributed by atoms with Gasteiger partial charge in [0.25, 0.3) is 0 Å². The van der Waals surface area contributed by atoms with E-state index < -0.39 is 52.8 Å². The number of carbonyl (C=O) groups excluding carboxylic acids is 4. The third-order valence-corrected chi connectivity index (χ3v) is 12.0. The number of imide groups is 2. The second kappa shape index (κ2) is 13.0. The average molecular weight is 717 g/mol. The molecule has 2 aliphatic carbocycles. The Kier molecular flexibility index (Phi) is 8.49. The zero-order valence-corrected chi connectivity index (χ0v) is 29.0. The quantitative estimate of drug-likeness (QED) is 0.108. The van der Waals surface area contributed by atoms with Crippen LogP contribution in [0.1, 0.15) is 55.6 Å². The predicted octanol–water partition coefficient (Wildman–Crippen LogP) is 7.01. The standard InChI is InChI=1S/C42H37ClN2O7/c43-26-13-9-14-27(22-26)45-39(50)32-23-31-29(18-19-30-35(31)40(51)44(38(30)49)21-8-2-5-16-34(47)48)37(42(32,41(45)52)25-11-3-1-4-12-25)36-28-15-7-6-10-24(28)17-20-33(36)46/h1,3-4,6-7,9-15,17-18,20,22,30-32,35,37,46H,2,5,8,16,19,21,23H2,(H,47,48). The highest BCUT2D eigenvalue weighted by Gasteiger charge is 2.70. The number of amides is 4. The number of benzene rings is 4. The van der Waals surface area contributed by atoms with Crippen molar-refractivity contribution in [2.24, 2.45) is 23.7 Å². The van der Waals surface area contributed by atoms with Crippen molar-refractivity contribution in [2.75, 3.05) is 11.4 Å². The summed E-state index contributed by atoms with van der Waals surface area (Å²) in [5, 5.41) is 22.8. The molecule has 4 aromatic rings. The number of rotatable bonds is 9. The molecule has 2 N–H and O–H groups in total. The first-order valence-corrected chi connectivity index (χ1v) is 18.2. The van der Waals surface area contributed by atoms with E-state index in [2.05, 4.69) is 0 Å². The van der Waals surface area contributed by atoms with Crippen LogP contribution in [0.3, 0.4) is 0 Å². The van der Waals surface area contributed by atoms with Crippen LogP contribution in [0.5, 0.6) is 5.75 Å². The number of unbranched alkanes of at least 4 members (excludes halogenated alkanes) is 2. The van der Waals surface area contributed by atoms with Gasteiger partial charge in [-0.2, -0.15) is 0 Å². The lowest BCUT2D eigenvalue weighted by Crippen LogP contribution is -2.53. The highest BCUT2D eigenvalue weighted by atomic mass is 35.5. The van der Waals surface area contributed by atoms with Crippen molar-refractivity contribution >= 4 is 57.7 Å². The Morgan fingerprint density at radius 3 is 2.37 bits per heavy atom. The molecule has 2 heterocycles. The Morgan fingerprint density at radius 1 is 0.827 bits per heavy atom. The number of fused-ring (bicyclic) bond motifs is 5. The fraction of sp³-hybridized carbons (Fsp3) is 0.310. The molecular formula is C42H37ClN2O7. The molecule has 2 saturated heterocycles. The first-order valence-electron chi connectivity index (χ1n) is 17.8. The van der Waals surface area contributed by atoms with Gasteiger partial charge in [-0.15, -0.1) is 0 Å². The van der Waals surface area contributed by atoms with Crippen molar-refractivity contribution in [3.8, 4) is 5.75 Å². The number of carboxylic acid groups (broad SMARTS) is 1. The Morgan fingerprint density at radius 2 is 1.60 bits per heavy atom. The summed E-state index contributed by atoms with van der Waals surface area (Å²) >= 11 is 6.41. The molecule has 10 heteroatoms. The van der Waals surface area contributed by atoms with Crippen LogP contribution in [0.2, 0.25) is 5.02 Å². The van der Waals surface area contributed by atoms with Crippen molar-refractivity contribution in [1.82, 2.24) is 4.90 Å². The molecule has 6 unspecified atom stereocenters. The van der Waals surface area contributed by atoms with E-state index in [0.717, 1.165) is 16.3 Å². The van der Waals surface area contributed by atoms with Gasteiger partial charge in [0.2, 0.25) is 23.6 Å². The van der Waals surface area contributed by atoms with Gasteiger partial charge in [0.15, 0.2) is 0 Å². The fourth-order valence-electron chi connectivity index (χ4n) is 9.65. The van der Waals surface area contributed by atoms with Gasteiger partial charge in [-0.3, -0.25) is 28.9 Å². The number of hydrogen-bond acceptors (Lipinski definition) is 6. The zero-order valence-electron chi connectivity index (χ0n) is 28.3. The first kappa shape index (κ1) is 33.8. The van der Waals surface area contributed by atoms with Crippen LogP contribution in [0.4, 0.5) is 5.69 Å². The van der Waals surface area contributed by atoms with E-state index in [1.807, 2.05) is 66.7 Å². The number of phenols is 1. The molecule has 0 bridgehead atoms. The van der Waals surface area contributed by atoms with Crippen LogP contribution in [-0.2, 0) is 29.4 Å². The monoisotopic (exact) mass is 716 g/mol. The third-order valence-electron chi connectivity index (χ3n) is 11.8. The van der Waals surface area contributed by atoms with Crippen molar-refractivity contribution in [3.63, 3.8) is 0 Å².